The number of aryl methyl sites for hydroxylation is 1. The van der Waals surface area contributed by atoms with Gasteiger partial charge in [-0.3, -0.25) is 14.6 Å². The molecule has 3 aromatic rings. The highest BCUT2D eigenvalue weighted by Crippen LogP contribution is 2.23. The quantitative estimate of drug-likeness (QED) is 0.278. The second kappa shape index (κ2) is 14.7. The van der Waals surface area contributed by atoms with Gasteiger partial charge in [0.15, 0.2) is 5.13 Å². The summed E-state index contributed by atoms with van der Waals surface area (Å²) in [5, 5.41) is 7.64. The Kier molecular flexibility index (Phi) is 12.0. The second-order valence-electron chi connectivity index (χ2n) is 10.4. The third kappa shape index (κ3) is 10.5. The normalized spacial score (nSPS) is 11.9. The summed E-state index contributed by atoms with van der Waals surface area (Å²) in [5.74, 6) is 0.334. The number of pyridine rings is 1. The molecule has 2 N–H and O–H groups in total. The molecule has 202 valence electrons. The van der Waals surface area contributed by atoms with Gasteiger partial charge in [0.2, 0.25) is 5.91 Å². The average Bonchev–Trinajstić information content (AvgIpc) is 3.53. The lowest BCUT2D eigenvalue weighted by Crippen LogP contribution is -2.32. The molecule has 0 aromatic carbocycles. The number of hydrogen-bond acceptors (Lipinski definition) is 5. The van der Waals surface area contributed by atoms with Crippen LogP contribution in [-0.4, -0.2) is 32.9 Å². The molecule has 3 heterocycles. The van der Waals surface area contributed by atoms with Gasteiger partial charge in [-0.1, -0.05) is 58.9 Å². The van der Waals surface area contributed by atoms with Crippen LogP contribution in [0.5, 0.6) is 0 Å². The maximum absolute atomic E-state index is 12.2. The van der Waals surface area contributed by atoms with Crippen LogP contribution in [0.2, 0.25) is 0 Å². The first kappa shape index (κ1) is 30.2. The number of carbonyl (C=O) groups is 2. The highest BCUT2D eigenvalue weighted by atomic mass is 32.1. The van der Waals surface area contributed by atoms with Gasteiger partial charge in [-0.05, 0) is 51.8 Å². The lowest BCUT2D eigenvalue weighted by molar-refractivity contribution is -0.115. The van der Waals surface area contributed by atoms with Crippen LogP contribution in [-0.2, 0) is 10.3 Å². The number of amides is 2. The van der Waals surface area contributed by atoms with Gasteiger partial charge in [-0.25, -0.2) is 4.98 Å². The fourth-order valence-electron chi connectivity index (χ4n) is 3.46. The van der Waals surface area contributed by atoms with E-state index in [2.05, 4.69) is 62.1 Å². The van der Waals surface area contributed by atoms with E-state index in [1.54, 1.807) is 12.3 Å². The third-order valence-corrected chi connectivity index (χ3v) is 6.80. The molecule has 0 aliphatic heterocycles. The van der Waals surface area contributed by atoms with Gasteiger partial charge >= 0.3 is 0 Å². The molecular weight excluding hydrogens is 482 g/mol. The molecule has 1 atom stereocenters. The van der Waals surface area contributed by atoms with Crippen molar-refractivity contribution in [1.29, 1.82) is 0 Å². The van der Waals surface area contributed by atoms with Gasteiger partial charge < -0.3 is 15.2 Å². The van der Waals surface area contributed by atoms with Gasteiger partial charge in [-0.15, -0.1) is 11.3 Å². The molecule has 0 aliphatic carbocycles. The van der Waals surface area contributed by atoms with Crippen molar-refractivity contribution in [1.82, 2.24) is 19.9 Å². The molecule has 3 rings (SSSR count). The van der Waals surface area contributed by atoms with E-state index in [4.69, 9.17) is 0 Å². The molecule has 2 amide bonds. The van der Waals surface area contributed by atoms with E-state index in [1.165, 1.54) is 43.4 Å². The Bertz CT molecular complexity index is 1130. The molecular formula is C29H43N5O2S. The van der Waals surface area contributed by atoms with Gasteiger partial charge in [-0.2, -0.15) is 0 Å². The maximum Gasteiger partial charge on any atom is 0.253 e. The van der Waals surface area contributed by atoms with E-state index in [9.17, 15) is 9.59 Å². The van der Waals surface area contributed by atoms with E-state index in [-0.39, 0.29) is 23.9 Å². The fourth-order valence-corrected chi connectivity index (χ4v) is 4.18. The van der Waals surface area contributed by atoms with Crippen LogP contribution >= 0.6 is 11.3 Å². The summed E-state index contributed by atoms with van der Waals surface area (Å²) in [6.07, 6.45) is 10.6. The van der Waals surface area contributed by atoms with Crippen molar-refractivity contribution in [3.63, 3.8) is 0 Å². The minimum atomic E-state index is -0.332. The molecule has 1 unspecified atom stereocenters. The molecule has 37 heavy (non-hydrogen) atoms. The summed E-state index contributed by atoms with van der Waals surface area (Å²) in [5.41, 5.74) is 2.78. The first-order valence-corrected chi connectivity index (χ1v) is 14.1. The zero-order chi connectivity index (χ0) is 27.4. The molecule has 7 nitrogen and oxygen atoms in total. The highest BCUT2D eigenvalue weighted by molar-refractivity contribution is 7.14. The fraction of sp³-hybridized carbons (Fsp3) is 0.517. The topological polar surface area (TPSA) is 88.9 Å². The zero-order valence-corrected chi connectivity index (χ0v) is 24.2. The minimum absolute atomic E-state index is 0.107. The number of hydrogen-bond donors (Lipinski definition) is 2. The van der Waals surface area contributed by atoms with Gasteiger partial charge in [0.05, 0.1) is 17.8 Å². The van der Waals surface area contributed by atoms with Gasteiger partial charge in [0, 0.05) is 29.0 Å². The number of rotatable bonds is 10. The standard InChI is InChI=1S/C20H23N5O2S.C9H20/c1-13-6-5-7-15(22-13)16-12-28-19(23-16)24-17(26)10-21-18(27)14-8-9-25(11-14)20(2,3)4;1-4-6-7-8-9(3)5-2/h5-9,11-12H,10H2,1-4H3,(H,21,27)(H,23,24,26);9H,4-8H2,1-3H3. The van der Waals surface area contributed by atoms with Crippen LogP contribution in [0.1, 0.15) is 89.7 Å². The number of nitrogens with one attached hydrogen (secondary N) is 2. The van der Waals surface area contributed by atoms with Gasteiger partial charge in [0.1, 0.15) is 5.69 Å². The Morgan fingerprint density at radius 3 is 2.46 bits per heavy atom. The van der Waals surface area contributed by atoms with Crippen molar-refractivity contribution in [2.24, 2.45) is 5.92 Å². The predicted molar refractivity (Wildman–Crippen MR) is 154 cm³/mol. The molecule has 0 radical (unpaired) electrons. The number of thiazole rings is 1. The Labute approximate surface area is 226 Å². The summed E-state index contributed by atoms with van der Waals surface area (Å²) in [4.78, 5) is 33.2. The monoisotopic (exact) mass is 525 g/mol. The van der Waals surface area contributed by atoms with Crippen LogP contribution in [0, 0.1) is 12.8 Å². The molecule has 8 heteroatoms. The summed E-state index contributed by atoms with van der Waals surface area (Å²) < 4.78 is 1.96. The Balaban J connectivity index is 0.000000458. The average molecular weight is 526 g/mol. The van der Waals surface area contributed by atoms with Crippen LogP contribution in [0.15, 0.2) is 42.0 Å². The molecule has 0 saturated carbocycles. The number of unbranched alkanes of at least 4 members (excludes halogenated alkanes) is 2. The number of nitrogens with zero attached hydrogens (tertiary/aromatic N) is 3. The second-order valence-corrected chi connectivity index (χ2v) is 11.3. The molecule has 0 spiro atoms. The van der Waals surface area contributed by atoms with E-state index < -0.39 is 0 Å². The van der Waals surface area contributed by atoms with Crippen molar-refractivity contribution in [2.75, 3.05) is 11.9 Å². The van der Waals surface area contributed by atoms with Crippen LogP contribution < -0.4 is 10.6 Å². The van der Waals surface area contributed by atoms with Crippen molar-refractivity contribution in [2.45, 2.75) is 86.1 Å². The molecule has 0 fully saturated rings. The molecule has 0 bridgehead atoms. The minimum Gasteiger partial charge on any atom is -0.348 e. The van der Waals surface area contributed by atoms with Crippen molar-refractivity contribution in [3.8, 4) is 11.4 Å². The third-order valence-electron chi connectivity index (χ3n) is 6.04. The van der Waals surface area contributed by atoms with E-state index in [1.807, 2.05) is 41.3 Å². The number of carbonyl (C=O) groups excluding carboxylic acids is 2. The molecule has 0 saturated heterocycles. The Morgan fingerprint density at radius 2 is 1.84 bits per heavy atom. The molecule has 3 aromatic heterocycles. The van der Waals surface area contributed by atoms with Gasteiger partial charge in [0.25, 0.3) is 5.91 Å². The summed E-state index contributed by atoms with van der Waals surface area (Å²) in [6.45, 7) is 14.8. The first-order valence-electron chi connectivity index (χ1n) is 13.2. The SMILES string of the molecule is CCCCCC(C)CC.Cc1cccc(-c2csc(NC(=O)CNC(=O)c3ccn(C(C)(C)C)c3)n2)n1. The summed E-state index contributed by atoms with van der Waals surface area (Å²) in [7, 11) is 0. The maximum atomic E-state index is 12.2. The smallest absolute Gasteiger partial charge is 0.253 e. The highest BCUT2D eigenvalue weighted by Gasteiger charge is 2.16. The number of anilines is 1. The summed E-state index contributed by atoms with van der Waals surface area (Å²) >= 11 is 1.32. The Hall–Kier alpha value is -3.00. The Morgan fingerprint density at radius 1 is 1.08 bits per heavy atom. The first-order chi connectivity index (χ1) is 17.5. The van der Waals surface area contributed by atoms with Crippen molar-refractivity contribution >= 4 is 28.3 Å². The molecule has 0 aliphatic rings. The lowest BCUT2D eigenvalue weighted by atomic mass is 10.0. The number of aromatic nitrogens is 3. The zero-order valence-electron chi connectivity index (χ0n) is 23.4. The van der Waals surface area contributed by atoms with E-state index in [0.717, 1.165) is 17.3 Å². The lowest BCUT2D eigenvalue weighted by Gasteiger charge is -2.20. The van der Waals surface area contributed by atoms with E-state index >= 15 is 0 Å². The van der Waals surface area contributed by atoms with Crippen LogP contribution in [0.3, 0.4) is 0 Å². The largest absolute Gasteiger partial charge is 0.348 e. The predicted octanol–water partition coefficient (Wildman–Crippen LogP) is 7.05. The van der Waals surface area contributed by atoms with Crippen molar-refractivity contribution < 1.29 is 9.59 Å². The van der Waals surface area contributed by atoms with E-state index in [0.29, 0.717) is 16.4 Å². The van der Waals surface area contributed by atoms with Crippen molar-refractivity contribution in [3.05, 3.63) is 53.3 Å². The summed E-state index contributed by atoms with van der Waals surface area (Å²) in [6, 6.07) is 7.44. The van der Waals surface area contributed by atoms with Crippen LogP contribution in [0.25, 0.3) is 11.4 Å². The van der Waals surface area contributed by atoms with Crippen LogP contribution in [0.4, 0.5) is 5.13 Å².